The fraction of sp³-hybridized carbons (Fsp3) is 0.870. The largest absolute Gasteiger partial charge is 1.00 e. The minimum Gasteiger partial charge on any atom is -0.859 e. The molecular weight excluding hydrogens is 409 g/mol. The SMILES string of the molecule is CCCCCCCCCCCCCCCCCC/C=C/C([O-])=NCCS(=O)(=O)O.[Na+]. The van der Waals surface area contributed by atoms with Crippen LogP contribution in [-0.4, -0.2) is 31.2 Å². The van der Waals surface area contributed by atoms with Gasteiger partial charge in [-0.1, -0.05) is 115 Å². The molecule has 5 nitrogen and oxygen atoms in total. The van der Waals surface area contributed by atoms with Crippen LogP contribution in [0.3, 0.4) is 0 Å². The van der Waals surface area contributed by atoms with Gasteiger partial charge in [0.25, 0.3) is 10.1 Å². The summed E-state index contributed by atoms with van der Waals surface area (Å²) < 4.78 is 29.6. The van der Waals surface area contributed by atoms with Crippen molar-refractivity contribution >= 4 is 16.0 Å². The minimum absolute atomic E-state index is 0. The Morgan fingerprint density at radius 2 is 1.20 bits per heavy atom. The number of nitrogens with zero attached hydrogens (tertiary/aromatic N) is 1. The van der Waals surface area contributed by atoms with Crippen molar-refractivity contribution < 1.29 is 47.6 Å². The van der Waals surface area contributed by atoms with Crippen LogP contribution in [-0.2, 0) is 10.1 Å². The molecular formula is C23H44NNaO4S. The average molecular weight is 454 g/mol. The van der Waals surface area contributed by atoms with Gasteiger partial charge in [0.15, 0.2) is 0 Å². The van der Waals surface area contributed by atoms with Crippen LogP contribution in [0.25, 0.3) is 0 Å². The van der Waals surface area contributed by atoms with Crippen LogP contribution >= 0.6 is 0 Å². The molecule has 0 aromatic rings. The third-order valence-electron chi connectivity index (χ3n) is 5.10. The molecule has 0 radical (unpaired) electrons. The van der Waals surface area contributed by atoms with Gasteiger partial charge in [-0.15, -0.1) is 0 Å². The second-order valence-corrected chi connectivity index (χ2v) is 9.57. The van der Waals surface area contributed by atoms with E-state index in [2.05, 4.69) is 11.9 Å². The summed E-state index contributed by atoms with van der Waals surface area (Å²) in [5.41, 5.74) is 0. The topological polar surface area (TPSA) is 89.8 Å². The van der Waals surface area contributed by atoms with Crippen molar-refractivity contribution in [1.82, 2.24) is 0 Å². The van der Waals surface area contributed by atoms with Crippen LogP contribution in [0.4, 0.5) is 0 Å². The molecule has 0 aliphatic carbocycles. The zero-order valence-electron chi connectivity index (χ0n) is 19.6. The van der Waals surface area contributed by atoms with Gasteiger partial charge >= 0.3 is 29.6 Å². The van der Waals surface area contributed by atoms with Crippen molar-refractivity contribution in [1.29, 1.82) is 0 Å². The zero-order chi connectivity index (χ0) is 21.6. The third kappa shape index (κ3) is 28.1. The van der Waals surface area contributed by atoms with Crippen LogP contribution in [0.1, 0.15) is 116 Å². The van der Waals surface area contributed by atoms with Crippen molar-refractivity contribution in [3.05, 3.63) is 12.2 Å². The van der Waals surface area contributed by atoms with E-state index < -0.39 is 21.8 Å². The summed E-state index contributed by atoms with van der Waals surface area (Å²) in [6.07, 6.45) is 25.5. The van der Waals surface area contributed by atoms with Gasteiger partial charge in [0.05, 0.1) is 12.3 Å². The summed E-state index contributed by atoms with van der Waals surface area (Å²) in [7, 11) is -4.04. The first-order valence-corrected chi connectivity index (χ1v) is 13.4. The van der Waals surface area contributed by atoms with Crippen molar-refractivity contribution in [2.24, 2.45) is 4.99 Å². The summed E-state index contributed by atoms with van der Waals surface area (Å²) >= 11 is 0. The Hall–Kier alpha value is 0.120. The smallest absolute Gasteiger partial charge is 0.859 e. The van der Waals surface area contributed by atoms with Crippen molar-refractivity contribution in [3.8, 4) is 0 Å². The molecule has 0 saturated carbocycles. The molecule has 0 rings (SSSR count). The Labute approximate surface area is 208 Å². The fourth-order valence-corrected chi connectivity index (χ4v) is 3.64. The van der Waals surface area contributed by atoms with Crippen LogP contribution < -0.4 is 34.7 Å². The van der Waals surface area contributed by atoms with Gasteiger partial charge in [0, 0.05) is 0 Å². The number of rotatable bonds is 21. The second-order valence-electron chi connectivity index (χ2n) is 8.00. The Morgan fingerprint density at radius 1 is 0.800 bits per heavy atom. The van der Waals surface area contributed by atoms with Crippen LogP contribution in [0, 0.1) is 0 Å². The van der Waals surface area contributed by atoms with E-state index in [1.807, 2.05) is 0 Å². The molecule has 0 aromatic carbocycles. The Morgan fingerprint density at radius 3 is 1.60 bits per heavy atom. The zero-order valence-corrected chi connectivity index (χ0v) is 22.4. The fourth-order valence-electron chi connectivity index (χ4n) is 3.32. The van der Waals surface area contributed by atoms with E-state index in [-0.39, 0.29) is 36.1 Å². The molecule has 0 atom stereocenters. The van der Waals surface area contributed by atoms with E-state index in [1.165, 1.54) is 102 Å². The molecule has 0 bridgehead atoms. The average Bonchev–Trinajstić information content (AvgIpc) is 2.66. The first-order chi connectivity index (χ1) is 14.0. The monoisotopic (exact) mass is 453 g/mol. The molecule has 0 aliphatic heterocycles. The van der Waals surface area contributed by atoms with E-state index in [0.29, 0.717) is 0 Å². The van der Waals surface area contributed by atoms with Gasteiger partial charge in [-0.05, 0) is 18.7 Å². The Balaban J connectivity index is 0. The molecule has 0 aromatic heterocycles. The number of aliphatic imine (C=N–C) groups is 1. The Bertz CT molecular complexity index is 521. The summed E-state index contributed by atoms with van der Waals surface area (Å²) in [4.78, 5) is 3.56. The van der Waals surface area contributed by atoms with Crippen molar-refractivity contribution in [3.63, 3.8) is 0 Å². The van der Waals surface area contributed by atoms with E-state index >= 15 is 0 Å². The minimum atomic E-state index is -4.04. The molecule has 0 unspecified atom stereocenters. The van der Waals surface area contributed by atoms with Gasteiger partial charge in [-0.25, -0.2) is 0 Å². The van der Waals surface area contributed by atoms with Gasteiger partial charge in [0.1, 0.15) is 0 Å². The molecule has 172 valence electrons. The molecule has 30 heavy (non-hydrogen) atoms. The summed E-state index contributed by atoms with van der Waals surface area (Å²) in [6, 6.07) is 0. The van der Waals surface area contributed by atoms with Crippen LogP contribution in [0.15, 0.2) is 17.1 Å². The van der Waals surface area contributed by atoms with Crippen molar-refractivity contribution in [2.45, 2.75) is 116 Å². The number of hydrogen-bond donors (Lipinski definition) is 1. The Kier molecular flexibility index (Phi) is 25.6. The summed E-state index contributed by atoms with van der Waals surface area (Å²) in [5.74, 6) is -0.948. The van der Waals surface area contributed by atoms with Crippen molar-refractivity contribution in [2.75, 3.05) is 12.3 Å². The first kappa shape index (κ1) is 32.3. The normalized spacial score (nSPS) is 12.4. The standard InChI is InChI=1S/C23H45NO4S.Na/c1-2-3-4-5-6-7-8-9-10-11-12-13-14-15-16-17-18-19-20-23(25)24-21-22-29(26,27)28;/h19-20H,2-18,21-22H2,1H3,(H,24,25)(H,26,27,28);/q;+1/p-1/b20-19+;. The molecule has 1 N–H and O–H groups in total. The van der Waals surface area contributed by atoms with Gasteiger partial charge in [-0.2, -0.15) is 8.42 Å². The maximum Gasteiger partial charge on any atom is 1.00 e. The van der Waals surface area contributed by atoms with E-state index in [4.69, 9.17) is 4.55 Å². The number of unbranched alkanes of at least 4 members (excludes halogenated alkanes) is 16. The number of allylic oxidation sites excluding steroid dienone is 1. The van der Waals surface area contributed by atoms with Crippen LogP contribution in [0.5, 0.6) is 0 Å². The molecule has 7 heteroatoms. The van der Waals surface area contributed by atoms with E-state index in [9.17, 15) is 13.5 Å². The molecule has 0 amide bonds. The number of hydrogen-bond acceptors (Lipinski definition) is 4. The van der Waals surface area contributed by atoms with Crippen LogP contribution in [0.2, 0.25) is 0 Å². The van der Waals surface area contributed by atoms with E-state index in [0.717, 1.165) is 12.8 Å². The predicted molar refractivity (Wildman–Crippen MR) is 122 cm³/mol. The van der Waals surface area contributed by atoms with E-state index in [1.54, 1.807) is 6.08 Å². The summed E-state index contributed by atoms with van der Waals surface area (Å²) in [5, 5.41) is 11.4. The quantitative estimate of drug-likeness (QED) is 0.0951. The van der Waals surface area contributed by atoms with Gasteiger partial charge in [0.2, 0.25) is 0 Å². The molecule has 0 spiro atoms. The third-order valence-corrected chi connectivity index (χ3v) is 5.80. The van der Waals surface area contributed by atoms with Gasteiger partial charge < -0.3 is 5.11 Å². The maximum absolute atomic E-state index is 11.4. The van der Waals surface area contributed by atoms with Gasteiger partial charge in [-0.3, -0.25) is 9.55 Å². The summed E-state index contributed by atoms with van der Waals surface area (Å²) in [6.45, 7) is 2.07. The molecule has 0 heterocycles. The molecule has 0 saturated heterocycles. The molecule has 0 aliphatic rings. The second kappa shape index (κ2) is 23.8. The predicted octanol–water partition coefficient (Wildman–Crippen LogP) is 2.84. The maximum atomic E-state index is 11.4. The first-order valence-electron chi connectivity index (χ1n) is 11.8. The molecule has 0 fully saturated rings.